The highest BCUT2D eigenvalue weighted by Gasteiger charge is 2.20. The van der Waals surface area contributed by atoms with E-state index in [1.54, 1.807) is 0 Å². The standard InChI is InChI=1S/C76H146O6/c1-4-7-10-13-16-19-22-24-26-28-30-32-34-35-36-37-38-39-40-41-42-43-45-46-48-50-52-54-57-60-63-66-69-75(78)81-72-73(71-80-74(77)68-65-62-59-56-21-18-15-12-9-6-3)82-76(79)70-67-64-61-58-55-53-51-49-47-44-33-31-29-27-25-23-20-17-14-11-8-5-2/h12,15,73H,4-11,13-14,16-72H2,1-3H3/b15-12-. The molecule has 0 radical (unpaired) electrons. The zero-order valence-corrected chi connectivity index (χ0v) is 56.1. The van der Waals surface area contributed by atoms with Crippen LogP contribution < -0.4 is 0 Å². The number of hydrogen-bond donors (Lipinski definition) is 0. The largest absolute Gasteiger partial charge is 0.462 e. The average Bonchev–Trinajstić information content (AvgIpc) is 3.47. The highest BCUT2D eigenvalue weighted by atomic mass is 16.6. The van der Waals surface area contributed by atoms with Crippen LogP contribution in [-0.2, 0) is 28.6 Å². The summed E-state index contributed by atoms with van der Waals surface area (Å²) in [6.07, 6.45) is 87.2. The summed E-state index contributed by atoms with van der Waals surface area (Å²) in [5.41, 5.74) is 0. The van der Waals surface area contributed by atoms with Crippen LogP contribution in [0.5, 0.6) is 0 Å². The quantitative estimate of drug-likeness (QED) is 0.0261. The van der Waals surface area contributed by atoms with Crippen LogP contribution in [0.3, 0.4) is 0 Å². The highest BCUT2D eigenvalue weighted by Crippen LogP contribution is 2.20. The minimum absolute atomic E-state index is 0.0659. The third kappa shape index (κ3) is 68.9. The summed E-state index contributed by atoms with van der Waals surface area (Å²) < 4.78 is 17.0. The molecule has 0 saturated carbocycles. The first-order valence-electron chi connectivity index (χ1n) is 37.7. The lowest BCUT2D eigenvalue weighted by Gasteiger charge is -2.18. The first-order chi connectivity index (χ1) is 40.5. The minimum atomic E-state index is -0.769. The number of esters is 3. The lowest BCUT2D eigenvalue weighted by molar-refractivity contribution is -0.167. The molecule has 0 aromatic heterocycles. The van der Waals surface area contributed by atoms with Crippen LogP contribution >= 0.6 is 0 Å². The molecule has 1 unspecified atom stereocenters. The molecule has 0 aliphatic carbocycles. The van der Waals surface area contributed by atoms with Gasteiger partial charge in [0.2, 0.25) is 0 Å². The fourth-order valence-electron chi connectivity index (χ4n) is 11.9. The highest BCUT2D eigenvalue weighted by molar-refractivity contribution is 5.71. The van der Waals surface area contributed by atoms with E-state index >= 15 is 0 Å². The molecule has 1 atom stereocenters. The Morgan fingerprint density at radius 1 is 0.232 bits per heavy atom. The Morgan fingerprint density at radius 3 is 0.659 bits per heavy atom. The minimum Gasteiger partial charge on any atom is -0.462 e. The zero-order chi connectivity index (χ0) is 59.2. The second-order valence-electron chi connectivity index (χ2n) is 25.9. The normalized spacial score (nSPS) is 12.0. The van der Waals surface area contributed by atoms with Gasteiger partial charge >= 0.3 is 17.9 Å². The molecular weight excluding hydrogens is 1010 g/mol. The van der Waals surface area contributed by atoms with E-state index in [-0.39, 0.29) is 31.1 Å². The van der Waals surface area contributed by atoms with Crippen LogP contribution in [0.4, 0.5) is 0 Å². The summed E-state index contributed by atoms with van der Waals surface area (Å²) in [6, 6.07) is 0. The lowest BCUT2D eigenvalue weighted by atomic mass is 10.0. The van der Waals surface area contributed by atoms with Gasteiger partial charge in [-0.15, -0.1) is 0 Å². The predicted molar refractivity (Wildman–Crippen MR) is 358 cm³/mol. The third-order valence-electron chi connectivity index (χ3n) is 17.5. The lowest BCUT2D eigenvalue weighted by Crippen LogP contribution is -2.30. The third-order valence-corrected chi connectivity index (χ3v) is 17.5. The van der Waals surface area contributed by atoms with Gasteiger partial charge in [-0.05, 0) is 38.5 Å². The number of carbonyl (C=O) groups is 3. The Morgan fingerprint density at radius 2 is 0.427 bits per heavy atom. The summed E-state index contributed by atoms with van der Waals surface area (Å²) in [5, 5.41) is 0. The maximum absolute atomic E-state index is 12.9. The predicted octanol–water partition coefficient (Wildman–Crippen LogP) is 26.0. The van der Waals surface area contributed by atoms with Crippen LogP contribution in [0, 0.1) is 0 Å². The van der Waals surface area contributed by atoms with Crippen LogP contribution in [-0.4, -0.2) is 37.2 Å². The smallest absolute Gasteiger partial charge is 0.306 e. The van der Waals surface area contributed by atoms with Crippen molar-refractivity contribution < 1.29 is 28.6 Å². The molecule has 0 fully saturated rings. The van der Waals surface area contributed by atoms with Crippen LogP contribution in [0.1, 0.15) is 438 Å². The van der Waals surface area contributed by atoms with E-state index in [1.165, 1.54) is 327 Å². The molecule has 0 saturated heterocycles. The molecule has 0 aliphatic heterocycles. The summed E-state index contributed by atoms with van der Waals surface area (Å²) in [4.78, 5) is 38.4. The summed E-state index contributed by atoms with van der Waals surface area (Å²) in [6.45, 7) is 6.67. The van der Waals surface area contributed by atoms with Gasteiger partial charge in [0.25, 0.3) is 0 Å². The Kier molecular flexibility index (Phi) is 70.0. The Balaban J connectivity index is 4.03. The van der Waals surface area contributed by atoms with Gasteiger partial charge in [0.05, 0.1) is 0 Å². The van der Waals surface area contributed by atoms with Crippen LogP contribution in [0.15, 0.2) is 12.2 Å². The molecule has 6 nitrogen and oxygen atoms in total. The number of unbranched alkanes of at least 4 members (excludes halogenated alkanes) is 58. The first-order valence-corrected chi connectivity index (χ1v) is 37.7. The molecule has 82 heavy (non-hydrogen) atoms. The molecule has 0 N–H and O–H groups in total. The van der Waals surface area contributed by atoms with Gasteiger partial charge < -0.3 is 14.2 Å². The van der Waals surface area contributed by atoms with Gasteiger partial charge in [-0.1, -0.05) is 392 Å². The van der Waals surface area contributed by atoms with Crippen molar-refractivity contribution in [3.63, 3.8) is 0 Å². The van der Waals surface area contributed by atoms with Crippen molar-refractivity contribution in [2.75, 3.05) is 13.2 Å². The molecule has 0 spiro atoms. The SMILES string of the molecule is CCC/C=C\CCCCCCCC(=O)OCC(COC(=O)CCCCCCCCCCCCCCCCCCCCCCCCCCCCCCCCCC)OC(=O)CCCCCCCCCCCCCCCCCCCCCCCC. The van der Waals surface area contributed by atoms with E-state index in [9.17, 15) is 14.4 Å². The molecule has 0 aliphatic rings. The first kappa shape index (κ1) is 80.2. The summed E-state index contributed by atoms with van der Waals surface area (Å²) in [7, 11) is 0. The van der Waals surface area contributed by atoms with Crippen molar-refractivity contribution >= 4 is 17.9 Å². The van der Waals surface area contributed by atoms with Crippen molar-refractivity contribution in [2.24, 2.45) is 0 Å². The van der Waals surface area contributed by atoms with Crippen molar-refractivity contribution in [3.05, 3.63) is 12.2 Å². The summed E-state index contributed by atoms with van der Waals surface area (Å²) >= 11 is 0. The van der Waals surface area contributed by atoms with E-state index in [2.05, 4.69) is 32.9 Å². The van der Waals surface area contributed by atoms with E-state index in [0.717, 1.165) is 70.6 Å². The van der Waals surface area contributed by atoms with Gasteiger partial charge in [0.1, 0.15) is 13.2 Å². The van der Waals surface area contributed by atoms with Gasteiger partial charge in [-0.2, -0.15) is 0 Å². The van der Waals surface area contributed by atoms with Crippen molar-refractivity contribution in [2.45, 2.75) is 444 Å². The van der Waals surface area contributed by atoms with E-state index in [0.29, 0.717) is 19.3 Å². The van der Waals surface area contributed by atoms with Gasteiger partial charge in [0.15, 0.2) is 6.10 Å². The topological polar surface area (TPSA) is 78.9 Å². The monoisotopic (exact) mass is 1160 g/mol. The molecule has 6 heteroatoms. The van der Waals surface area contributed by atoms with Gasteiger partial charge in [0, 0.05) is 19.3 Å². The fourth-order valence-corrected chi connectivity index (χ4v) is 11.9. The van der Waals surface area contributed by atoms with E-state index in [1.807, 2.05) is 0 Å². The second-order valence-corrected chi connectivity index (χ2v) is 25.9. The van der Waals surface area contributed by atoms with Gasteiger partial charge in [-0.3, -0.25) is 14.4 Å². The van der Waals surface area contributed by atoms with E-state index < -0.39 is 6.10 Å². The van der Waals surface area contributed by atoms with Crippen LogP contribution in [0.25, 0.3) is 0 Å². The van der Waals surface area contributed by atoms with Crippen molar-refractivity contribution in [3.8, 4) is 0 Å². The molecule has 0 aromatic rings. The molecule has 0 heterocycles. The zero-order valence-electron chi connectivity index (χ0n) is 56.1. The van der Waals surface area contributed by atoms with Crippen LogP contribution in [0.2, 0.25) is 0 Å². The van der Waals surface area contributed by atoms with E-state index in [4.69, 9.17) is 14.2 Å². The molecule has 486 valence electrons. The van der Waals surface area contributed by atoms with Crippen molar-refractivity contribution in [1.82, 2.24) is 0 Å². The number of carbonyl (C=O) groups excluding carboxylic acids is 3. The Labute approximate surface area is 513 Å². The number of allylic oxidation sites excluding steroid dienone is 2. The molecule has 0 bridgehead atoms. The maximum atomic E-state index is 12.9. The number of ether oxygens (including phenoxy) is 3. The maximum Gasteiger partial charge on any atom is 0.306 e. The second kappa shape index (κ2) is 71.6. The molecule has 0 aromatic carbocycles. The van der Waals surface area contributed by atoms with Crippen molar-refractivity contribution in [1.29, 1.82) is 0 Å². The molecule has 0 rings (SSSR count). The average molecular weight is 1160 g/mol. The Hall–Kier alpha value is -1.85. The fraction of sp³-hybridized carbons (Fsp3) is 0.934. The molecule has 0 amide bonds. The Bertz CT molecular complexity index is 1280. The number of hydrogen-bond acceptors (Lipinski definition) is 6. The number of rotatable bonds is 71. The summed E-state index contributed by atoms with van der Waals surface area (Å²) in [5.74, 6) is -0.842. The molecular formula is C76H146O6. The van der Waals surface area contributed by atoms with Gasteiger partial charge in [-0.25, -0.2) is 0 Å².